The van der Waals surface area contributed by atoms with Gasteiger partial charge >= 0.3 is 0 Å². The lowest BCUT2D eigenvalue weighted by Gasteiger charge is -2.33. The number of H-pyrrole nitrogens is 1. The highest BCUT2D eigenvalue weighted by atomic mass is 16.4. The first-order chi connectivity index (χ1) is 44.3. The zero-order chi connectivity index (χ0) is 65.9. The van der Waals surface area contributed by atoms with Gasteiger partial charge in [-0.1, -0.05) is 27.7 Å². The van der Waals surface area contributed by atoms with Gasteiger partial charge in [-0.25, -0.2) is 9.97 Å². The first kappa shape index (κ1) is 70.9. The van der Waals surface area contributed by atoms with E-state index in [1.807, 2.05) is 19.6 Å². The van der Waals surface area contributed by atoms with Gasteiger partial charge in [0.05, 0.1) is 43.5 Å². The summed E-state index contributed by atoms with van der Waals surface area (Å²) in [6, 6.07) is 18.3. The number of aromatic amines is 1. The molecule has 0 saturated carbocycles. The van der Waals surface area contributed by atoms with E-state index in [1.54, 1.807) is 72.8 Å². The summed E-state index contributed by atoms with van der Waals surface area (Å²) in [7, 11) is 0. The number of aliphatic carboxylic acids is 2. The van der Waals surface area contributed by atoms with E-state index in [0.717, 1.165) is 72.0 Å². The van der Waals surface area contributed by atoms with E-state index in [0.29, 0.717) is 93.0 Å². The van der Waals surface area contributed by atoms with Crippen molar-refractivity contribution in [1.29, 1.82) is 0 Å². The lowest BCUT2D eigenvalue weighted by atomic mass is 10.1. The maximum Gasteiger partial charge on any atom is 0.280 e. The number of hydrogen-bond donors (Lipinski definition) is 8. The highest BCUT2D eigenvalue weighted by Crippen LogP contribution is 2.19. The van der Waals surface area contributed by atoms with Crippen LogP contribution in [0.1, 0.15) is 56.6 Å². The number of nitrogens with two attached hydrogens (primary N) is 1. The van der Waals surface area contributed by atoms with Crippen LogP contribution < -0.4 is 53.4 Å². The van der Waals surface area contributed by atoms with Gasteiger partial charge in [-0.2, -0.15) is 4.98 Å². The van der Waals surface area contributed by atoms with Crippen LogP contribution in [-0.4, -0.2) is 264 Å². The zero-order valence-corrected chi connectivity index (χ0v) is 53.3. The molecule has 92 heavy (non-hydrogen) atoms. The third-order valence-electron chi connectivity index (χ3n) is 16.4. The number of amides is 5. The van der Waals surface area contributed by atoms with E-state index >= 15 is 0 Å². The molecule has 5 aromatic rings. The van der Waals surface area contributed by atoms with Crippen LogP contribution in [0.2, 0.25) is 0 Å². The fourth-order valence-electron chi connectivity index (χ4n) is 10.7. The summed E-state index contributed by atoms with van der Waals surface area (Å²) < 4.78 is 0. The van der Waals surface area contributed by atoms with Gasteiger partial charge < -0.3 is 77.0 Å². The smallest absolute Gasteiger partial charge is 0.280 e. The Morgan fingerprint density at radius 2 is 0.870 bits per heavy atom. The van der Waals surface area contributed by atoms with Crippen molar-refractivity contribution in [2.75, 3.05) is 189 Å². The number of nitrogens with one attached hydrogen (secondary N) is 7. The van der Waals surface area contributed by atoms with Crippen molar-refractivity contribution >= 4 is 87.0 Å². The maximum absolute atomic E-state index is 14.2. The van der Waals surface area contributed by atoms with Gasteiger partial charge in [-0.3, -0.25) is 53.4 Å². The lowest BCUT2D eigenvalue weighted by Crippen LogP contribution is -2.49. The summed E-state index contributed by atoms with van der Waals surface area (Å²) in [5, 5.41) is 40.8. The second-order valence-corrected chi connectivity index (χ2v) is 22.9. The highest BCUT2D eigenvalue weighted by molar-refractivity contribution is 6.02. The SMILES string of the molecule is CCN1CCN(CC)CCN(CC(=O)Nc2ccc(NC(=O)CCC(NC(=O)c3ccc(NCc4cnc5nc(N)[nH]c(=O)c5n4)cc3)C(=O)Nc3ccc(NC(=O)CN4CCN(CC)CCN(CC)CCN(CC(=O)[O-])CC4)cc3)cc2)CCN(CC(=O)[O-])CC1. The molecule has 0 bridgehead atoms. The van der Waals surface area contributed by atoms with E-state index in [-0.39, 0.29) is 80.1 Å². The molecule has 29 heteroatoms. The molecular formula is C63H89N19O10-2. The monoisotopic (exact) mass is 1270 g/mol. The Bertz CT molecular complexity index is 3290. The largest absolute Gasteiger partial charge is 0.549 e. The quantitative estimate of drug-likeness (QED) is 0.0346. The van der Waals surface area contributed by atoms with Crippen LogP contribution in [0.5, 0.6) is 0 Å². The first-order valence-corrected chi connectivity index (χ1v) is 31.6. The van der Waals surface area contributed by atoms with Crippen molar-refractivity contribution < 1.29 is 43.8 Å². The number of carboxylic acids is 2. The molecule has 3 aromatic carbocycles. The number of fused-ring (bicyclic) bond motifs is 1. The number of nitrogens with zero attached hydrogens (tertiary/aromatic N) is 11. The van der Waals surface area contributed by atoms with Crippen LogP contribution in [0.3, 0.4) is 0 Å². The van der Waals surface area contributed by atoms with E-state index in [2.05, 4.69) is 99.1 Å². The molecule has 7 rings (SSSR count). The number of carbonyl (C=O) groups excluding carboxylic acids is 7. The average Bonchev–Trinajstić information content (AvgIpc) is 0.929. The molecule has 498 valence electrons. The van der Waals surface area contributed by atoms with E-state index in [9.17, 15) is 48.6 Å². The summed E-state index contributed by atoms with van der Waals surface area (Å²) in [5.74, 6) is -4.58. The first-order valence-electron chi connectivity index (χ1n) is 31.6. The molecule has 1 unspecified atom stereocenters. The van der Waals surface area contributed by atoms with E-state index in [4.69, 9.17) is 5.73 Å². The van der Waals surface area contributed by atoms with Gasteiger partial charge in [0, 0.05) is 158 Å². The molecule has 2 saturated heterocycles. The number of anilines is 6. The number of carboxylic acid groups (broad SMARTS) is 2. The molecule has 9 N–H and O–H groups in total. The van der Waals surface area contributed by atoms with Gasteiger partial charge in [0.15, 0.2) is 11.2 Å². The van der Waals surface area contributed by atoms with Gasteiger partial charge in [0.2, 0.25) is 29.6 Å². The Balaban J connectivity index is 0.969. The molecule has 0 aliphatic carbocycles. The number of rotatable bonds is 25. The van der Waals surface area contributed by atoms with E-state index < -0.39 is 41.3 Å². The molecular weight excluding hydrogens is 1180 g/mol. The molecule has 5 amide bonds. The minimum Gasteiger partial charge on any atom is -0.549 e. The standard InChI is InChI=1S/C63H91N19O10/c1-5-75-23-25-77(7-3)29-33-81(43-56(86)87)37-35-79(31-27-75)41-54(84)68-48-15-13-47(14-16-48)67-53(83)22-21-52(72-60(90)45-9-11-46(12-10-45)65-39-51-40-66-59-58(70-51)62(92)74-63(64)73-59)61(91)71-50-19-17-49(18-20-50)69-55(85)42-80-32-28-76(6-2)24-26-78(8-4)30-34-82(38-36-80)44-57(88)89/h9-20,40,52,65H,5-8,21-39,41-44H2,1-4H3,(H,67,83)(H,68,84)(H,69,85)(H,71,91)(H,72,90)(H,86,87)(H,88,89)(H3,64,66,73,74,92)/p-2. The van der Waals surface area contributed by atoms with Gasteiger partial charge in [-0.05, 0) is 105 Å². The van der Waals surface area contributed by atoms with Crippen molar-refractivity contribution in [3.8, 4) is 0 Å². The average molecular weight is 1270 g/mol. The number of aromatic nitrogens is 4. The number of benzene rings is 3. The highest BCUT2D eigenvalue weighted by Gasteiger charge is 2.25. The molecule has 2 fully saturated rings. The van der Waals surface area contributed by atoms with Crippen LogP contribution >= 0.6 is 0 Å². The van der Waals surface area contributed by atoms with Crippen molar-refractivity contribution in [2.45, 2.75) is 53.1 Å². The Morgan fingerprint density at radius 1 is 0.500 bits per heavy atom. The lowest BCUT2D eigenvalue weighted by molar-refractivity contribution is -0.307. The van der Waals surface area contributed by atoms with Crippen LogP contribution in [0, 0.1) is 0 Å². The minimum absolute atomic E-state index is 0.0281. The van der Waals surface area contributed by atoms with Gasteiger partial charge in [0.1, 0.15) is 6.04 Å². The normalized spacial score (nSPS) is 16.8. The molecule has 0 spiro atoms. The Morgan fingerprint density at radius 3 is 1.27 bits per heavy atom. The van der Waals surface area contributed by atoms with E-state index in [1.165, 1.54) is 6.20 Å². The summed E-state index contributed by atoms with van der Waals surface area (Å²) in [6.45, 7) is 22.2. The Labute approximate surface area is 536 Å². The van der Waals surface area contributed by atoms with Crippen molar-refractivity contribution in [3.05, 3.63) is 101 Å². The predicted molar refractivity (Wildman–Crippen MR) is 348 cm³/mol. The summed E-state index contributed by atoms with van der Waals surface area (Å²) in [6.07, 6.45) is 1.15. The van der Waals surface area contributed by atoms with Crippen LogP contribution in [0.15, 0.2) is 83.8 Å². The molecule has 4 heterocycles. The molecule has 29 nitrogen and oxygen atoms in total. The molecule has 2 aromatic heterocycles. The summed E-state index contributed by atoms with van der Waals surface area (Å²) >= 11 is 0. The predicted octanol–water partition coefficient (Wildman–Crippen LogP) is -1.04. The Hall–Kier alpha value is -8.55. The second-order valence-electron chi connectivity index (χ2n) is 22.9. The van der Waals surface area contributed by atoms with Crippen LogP contribution in [-0.2, 0) is 35.3 Å². The minimum atomic E-state index is -1.22. The fourth-order valence-corrected chi connectivity index (χ4v) is 10.7. The fraction of sp³-hybridized carbons (Fsp3) is 0.508. The molecule has 1 atom stereocenters. The number of nitrogen functional groups attached to an aromatic ring is 1. The van der Waals surface area contributed by atoms with Crippen molar-refractivity contribution in [1.82, 2.24) is 64.5 Å². The summed E-state index contributed by atoms with van der Waals surface area (Å²) in [4.78, 5) is 136. The van der Waals surface area contributed by atoms with Crippen LogP contribution in [0.25, 0.3) is 11.2 Å². The van der Waals surface area contributed by atoms with Crippen molar-refractivity contribution in [3.63, 3.8) is 0 Å². The van der Waals surface area contributed by atoms with Crippen LogP contribution in [0.4, 0.5) is 34.4 Å². The third-order valence-corrected chi connectivity index (χ3v) is 16.4. The molecule has 0 radical (unpaired) electrons. The second kappa shape index (κ2) is 36.5. The number of likely N-dealkylation sites (N-methyl/N-ethyl adjacent to an activating group) is 4. The van der Waals surface area contributed by atoms with Gasteiger partial charge in [-0.15, -0.1) is 0 Å². The third kappa shape index (κ3) is 23.9. The zero-order valence-electron chi connectivity index (χ0n) is 53.3. The summed E-state index contributed by atoms with van der Waals surface area (Å²) in [5.41, 5.74) is 8.23. The Kier molecular flexibility index (Phi) is 28.1. The van der Waals surface area contributed by atoms with Gasteiger partial charge in [0.25, 0.3) is 11.5 Å². The number of carbonyl (C=O) groups is 7. The number of hydrogen-bond acceptors (Lipinski definition) is 23. The molecule has 2 aliphatic rings. The molecule has 2 aliphatic heterocycles. The topological polar surface area (TPSA) is 361 Å². The maximum atomic E-state index is 14.2. The van der Waals surface area contributed by atoms with Crippen molar-refractivity contribution in [2.24, 2.45) is 0 Å².